The summed E-state index contributed by atoms with van der Waals surface area (Å²) in [6.07, 6.45) is 11.4. The molecular weight excluding hydrogens is 440 g/mol. The molecule has 0 aliphatic rings. The van der Waals surface area contributed by atoms with Crippen molar-refractivity contribution in [2.24, 2.45) is 0 Å². The zero-order valence-electron chi connectivity index (χ0n) is 19.4. The van der Waals surface area contributed by atoms with E-state index in [1.54, 1.807) is 43.4 Å². The van der Waals surface area contributed by atoms with Gasteiger partial charge in [-0.05, 0) is 37.1 Å². The van der Waals surface area contributed by atoms with Crippen LogP contribution in [-0.2, 0) is 6.54 Å². The molecule has 2 N–H and O–H groups in total. The maximum absolute atomic E-state index is 12.6. The van der Waals surface area contributed by atoms with Gasteiger partial charge in [0.05, 0.1) is 29.8 Å². The number of carbonyl (C=O) groups is 1. The number of nitrogens with zero attached hydrogens (tertiary/aromatic N) is 6. The van der Waals surface area contributed by atoms with Crippen LogP contribution in [0.1, 0.15) is 35.3 Å². The van der Waals surface area contributed by atoms with E-state index in [2.05, 4.69) is 44.6 Å². The Labute approximate surface area is 202 Å². The van der Waals surface area contributed by atoms with Crippen LogP contribution in [0.4, 0.5) is 5.82 Å². The number of hydrogen-bond donors (Lipinski definition) is 2. The molecule has 3 heterocycles. The van der Waals surface area contributed by atoms with Gasteiger partial charge in [0.1, 0.15) is 12.1 Å². The second-order valence-corrected chi connectivity index (χ2v) is 8.27. The first-order chi connectivity index (χ1) is 17.2. The molecule has 0 aliphatic carbocycles. The van der Waals surface area contributed by atoms with Crippen LogP contribution in [0.15, 0.2) is 86.0 Å². The van der Waals surface area contributed by atoms with Crippen molar-refractivity contribution in [3.05, 3.63) is 97.1 Å². The quantitative estimate of drug-likeness (QED) is 0.318. The van der Waals surface area contributed by atoms with Gasteiger partial charge in [0.15, 0.2) is 5.82 Å². The van der Waals surface area contributed by atoms with E-state index >= 15 is 0 Å². The molecule has 0 spiro atoms. The fraction of sp³-hybridized carbons (Fsp3) is 0.192. The largest absolute Gasteiger partial charge is 0.362 e. The minimum atomic E-state index is -0.118. The summed E-state index contributed by atoms with van der Waals surface area (Å²) in [6.45, 7) is 3.48. The van der Waals surface area contributed by atoms with Gasteiger partial charge in [-0.3, -0.25) is 14.3 Å². The van der Waals surface area contributed by atoms with Crippen LogP contribution in [0.5, 0.6) is 0 Å². The summed E-state index contributed by atoms with van der Waals surface area (Å²) < 4.78 is 3.86. The predicted molar refractivity (Wildman–Crippen MR) is 134 cm³/mol. The first-order valence-electron chi connectivity index (χ1n) is 11.5. The number of carbonyl (C=O) groups excluding carboxylic acids is 1. The van der Waals surface area contributed by atoms with Crippen molar-refractivity contribution >= 4 is 22.8 Å². The Hall–Kier alpha value is -4.53. The lowest BCUT2D eigenvalue weighted by atomic mass is 10.1. The van der Waals surface area contributed by atoms with E-state index < -0.39 is 0 Å². The third-order valence-electron chi connectivity index (χ3n) is 5.78. The van der Waals surface area contributed by atoms with Gasteiger partial charge in [0.2, 0.25) is 0 Å². The zero-order valence-corrected chi connectivity index (χ0v) is 19.4. The number of aryl methyl sites for hydroxylation is 1. The Morgan fingerprint density at radius 1 is 1.06 bits per heavy atom. The minimum absolute atomic E-state index is 0.0845. The lowest BCUT2D eigenvalue weighted by Gasteiger charge is -2.15. The number of rotatable bonds is 9. The average Bonchev–Trinajstić information content (AvgIpc) is 3.57. The molecule has 0 fully saturated rings. The summed E-state index contributed by atoms with van der Waals surface area (Å²) in [5, 5.41) is 6.37. The van der Waals surface area contributed by atoms with Crippen LogP contribution in [0, 0.1) is 0 Å². The second-order valence-electron chi connectivity index (χ2n) is 8.27. The summed E-state index contributed by atoms with van der Waals surface area (Å²) in [4.78, 5) is 30.2. The number of hydrogen-bond acceptors (Lipinski definition) is 6. The van der Waals surface area contributed by atoms with Crippen molar-refractivity contribution in [1.29, 1.82) is 0 Å². The molecule has 0 saturated heterocycles. The highest BCUT2D eigenvalue weighted by atomic mass is 16.1. The SMILES string of the molecule is C[C@H](Nc1cncc(-n2cnc3cc(C(=O)NCCCn4ccnc4)ccc32)n1)c1ccccc1. The first kappa shape index (κ1) is 22.3. The van der Waals surface area contributed by atoms with Crippen LogP contribution in [0.2, 0.25) is 0 Å². The number of anilines is 1. The Balaban J connectivity index is 1.26. The Kier molecular flexibility index (Phi) is 6.47. The Bertz CT molecular complexity index is 1410. The summed E-state index contributed by atoms with van der Waals surface area (Å²) in [5.41, 5.74) is 3.31. The molecule has 2 aromatic carbocycles. The van der Waals surface area contributed by atoms with Gasteiger partial charge < -0.3 is 15.2 Å². The van der Waals surface area contributed by atoms with Gasteiger partial charge >= 0.3 is 0 Å². The van der Waals surface area contributed by atoms with Crippen LogP contribution >= 0.6 is 0 Å². The number of aromatic nitrogens is 6. The van der Waals surface area contributed by atoms with E-state index in [4.69, 9.17) is 4.98 Å². The molecule has 0 saturated carbocycles. The monoisotopic (exact) mass is 466 g/mol. The lowest BCUT2D eigenvalue weighted by molar-refractivity contribution is 0.0953. The fourth-order valence-corrected chi connectivity index (χ4v) is 3.91. The molecule has 176 valence electrons. The van der Waals surface area contributed by atoms with Crippen LogP contribution in [0.3, 0.4) is 0 Å². The van der Waals surface area contributed by atoms with Gasteiger partial charge in [-0.2, -0.15) is 0 Å². The van der Waals surface area contributed by atoms with E-state index in [1.165, 1.54) is 5.56 Å². The van der Waals surface area contributed by atoms with Gasteiger partial charge in [0.25, 0.3) is 5.91 Å². The Morgan fingerprint density at radius 2 is 1.94 bits per heavy atom. The first-order valence-corrected chi connectivity index (χ1v) is 11.5. The molecule has 0 aliphatic heterocycles. The van der Waals surface area contributed by atoms with Crippen molar-refractivity contribution in [3.8, 4) is 5.82 Å². The molecule has 3 aromatic heterocycles. The van der Waals surface area contributed by atoms with Gasteiger partial charge in [-0.15, -0.1) is 0 Å². The van der Waals surface area contributed by atoms with Gasteiger partial charge in [0, 0.05) is 37.1 Å². The summed E-state index contributed by atoms with van der Waals surface area (Å²) in [7, 11) is 0. The number of nitrogens with one attached hydrogen (secondary N) is 2. The van der Waals surface area contributed by atoms with Crippen LogP contribution < -0.4 is 10.6 Å². The van der Waals surface area contributed by atoms with Crippen molar-refractivity contribution in [2.75, 3.05) is 11.9 Å². The third-order valence-corrected chi connectivity index (χ3v) is 5.78. The molecule has 9 heteroatoms. The maximum atomic E-state index is 12.6. The van der Waals surface area contributed by atoms with Crippen molar-refractivity contribution in [1.82, 2.24) is 34.4 Å². The number of benzene rings is 2. The lowest BCUT2D eigenvalue weighted by Crippen LogP contribution is -2.25. The molecule has 1 atom stereocenters. The highest BCUT2D eigenvalue weighted by Gasteiger charge is 2.12. The highest BCUT2D eigenvalue weighted by Crippen LogP contribution is 2.21. The molecule has 0 bridgehead atoms. The molecule has 5 rings (SSSR count). The highest BCUT2D eigenvalue weighted by molar-refractivity contribution is 5.97. The van der Waals surface area contributed by atoms with E-state index in [0.29, 0.717) is 29.3 Å². The normalized spacial score (nSPS) is 11.9. The molecule has 9 nitrogen and oxygen atoms in total. The molecule has 0 radical (unpaired) electrons. The number of amides is 1. The second kappa shape index (κ2) is 10.2. The van der Waals surface area contributed by atoms with Crippen molar-refractivity contribution in [3.63, 3.8) is 0 Å². The summed E-state index contributed by atoms with van der Waals surface area (Å²) >= 11 is 0. The smallest absolute Gasteiger partial charge is 0.251 e. The van der Waals surface area contributed by atoms with Crippen molar-refractivity contribution < 1.29 is 4.79 Å². The van der Waals surface area contributed by atoms with E-state index in [1.807, 2.05) is 39.6 Å². The maximum Gasteiger partial charge on any atom is 0.251 e. The van der Waals surface area contributed by atoms with Crippen LogP contribution in [-0.4, -0.2) is 41.5 Å². The van der Waals surface area contributed by atoms with Crippen LogP contribution in [0.25, 0.3) is 16.9 Å². The third kappa shape index (κ3) is 5.19. The van der Waals surface area contributed by atoms with Crippen molar-refractivity contribution in [2.45, 2.75) is 25.9 Å². The summed E-state index contributed by atoms with van der Waals surface area (Å²) in [5.74, 6) is 1.20. The molecule has 35 heavy (non-hydrogen) atoms. The molecule has 0 unspecified atom stereocenters. The van der Waals surface area contributed by atoms with E-state index in [9.17, 15) is 4.79 Å². The predicted octanol–water partition coefficient (Wildman–Crippen LogP) is 4.01. The fourth-order valence-electron chi connectivity index (χ4n) is 3.91. The Morgan fingerprint density at radius 3 is 2.77 bits per heavy atom. The standard InChI is InChI=1S/C26H26N8O/c1-19(20-6-3-2-4-7-20)31-24-15-28-16-25(32-24)34-18-30-22-14-21(8-9-23(22)34)26(35)29-10-5-12-33-13-11-27-17-33/h2-4,6-9,11,13-19H,5,10,12H2,1H3,(H,29,35)(H,31,32)/t19-/m0/s1. The molecular formula is C26H26N8O. The molecule has 1 amide bonds. The van der Waals surface area contributed by atoms with Gasteiger partial charge in [-0.1, -0.05) is 30.3 Å². The zero-order chi connectivity index (χ0) is 24.0. The summed E-state index contributed by atoms with van der Waals surface area (Å²) in [6, 6.07) is 15.8. The molecule has 5 aromatic rings. The van der Waals surface area contributed by atoms with E-state index in [-0.39, 0.29) is 11.9 Å². The average molecular weight is 467 g/mol. The number of fused-ring (bicyclic) bond motifs is 1. The van der Waals surface area contributed by atoms with E-state index in [0.717, 1.165) is 18.5 Å². The minimum Gasteiger partial charge on any atom is -0.362 e. The van der Waals surface area contributed by atoms with Gasteiger partial charge in [-0.25, -0.2) is 15.0 Å². The number of imidazole rings is 2. The topological polar surface area (TPSA) is 103 Å².